The maximum Gasteiger partial charge on any atom is 0.0778 e. The summed E-state index contributed by atoms with van der Waals surface area (Å²) in [5.41, 5.74) is 1.17. The van der Waals surface area contributed by atoms with Gasteiger partial charge in [-0.3, -0.25) is 4.68 Å². The number of nitrogens with zero attached hydrogens (tertiary/aromatic N) is 2. The lowest BCUT2D eigenvalue weighted by Gasteiger charge is -2.20. The lowest BCUT2D eigenvalue weighted by atomic mass is 10.1. The van der Waals surface area contributed by atoms with Gasteiger partial charge >= 0.3 is 0 Å². The monoisotopic (exact) mass is 194 g/mol. The van der Waals surface area contributed by atoms with Crippen LogP contribution >= 0.6 is 0 Å². The summed E-state index contributed by atoms with van der Waals surface area (Å²) in [6.45, 7) is 2.03. The Kier molecular flexibility index (Phi) is 2.87. The van der Waals surface area contributed by atoms with Gasteiger partial charge in [-0.15, -0.1) is 0 Å². The van der Waals surface area contributed by atoms with E-state index in [9.17, 15) is 5.11 Å². The van der Waals surface area contributed by atoms with E-state index in [2.05, 4.69) is 5.10 Å². The SMILES string of the molecule is Cc1cnn(C2CCCCCC2O)c1. The molecule has 0 amide bonds. The van der Waals surface area contributed by atoms with E-state index in [0.717, 1.165) is 19.3 Å². The molecule has 3 heteroatoms. The van der Waals surface area contributed by atoms with Gasteiger partial charge < -0.3 is 5.11 Å². The van der Waals surface area contributed by atoms with Crippen molar-refractivity contribution < 1.29 is 5.11 Å². The molecule has 0 aliphatic heterocycles. The summed E-state index contributed by atoms with van der Waals surface area (Å²) in [5, 5.41) is 14.2. The van der Waals surface area contributed by atoms with Crippen LogP contribution < -0.4 is 0 Å². The summed E-state index contributed by atoms with van der Waals surface area (Å²) in [6.07, 6.45) is 9.26. The normalized spacial score (nSPS) is 28.7. The summed E-state index contributed by atoms with van der Waals surface area (Å²) in [6, 6.07) is 0.200. The standard InChI is InChI=1S/C11H18N2O/c1-9-7-12-13(8-9)10-5-3-2-4-6-11(10)14/h7-8,10-11,14H,2-6H2,1H3. The molecule has 1 aromatic rings. The first-order chi connectivity index (χ1) is 6.77. The highest BCUT2D eigenvalue weighted by molar-refractivity contribution is 5.01. The maximum absolute atomic E-state index is 9.95. The van der Waals surface area contributed by atoms with Gasteiger partial charge in [0.25, 0.3) is 0 Å². The molecule has 0 saturated heterocycles. The van der Waals surface area contributed by atoms with E-state index in [4.69, 9.17) is 0 Å². The van der Waals surface area contributed by atoms with Crippen molar-refractivity contribution in [2.45, 2.75) is 51.2 Å². The summed E-state index contributed by atoms with van der Waals surface area (Å²) < 4.78 is 1.94. The Morgan fingerprint density at radius 2 is 2.14 bits per heavy atom. The third kappa shape index (κ3) is 1.98. The van der Waals surface area contributed by atoms with Gasteiger partial charge in [0, 0.05) is 6.20 Å². The average molecular weight is 194 g/mol. The molecule has 0 aromatic carbocycles. The van der Waals surface area contributed by atoms with Gasteiger partial charge in [-0.2, -0.15) is 5.10 Å². The van der Waals surface area contributed by atoms with E-state index in [0.29, 0.717) is 0 Å². The Labute approximate surface area is 84.7 Å². The molecule has 0 spiro atoms. The second kappa shape index (κ2) is 4.13. The van der Waals surface area contributed by atoms with Gasteiger partial charge in [-0.1, -0.05) is 19.3 Å². The van der Waals surface area contributed by atoms with Crippen molar-refractivity contribution >= 4 is 0 Å². The highest BCUT2D eigenvalue weighted by Crippen LogP contribution is 2.27. The van der Waals surface area contributed by atoms with Crippen LogP contribution in [0.5, 0.6) is 0 Å². The molecule has 1 N–H and O–H groups in total. The fraction of sp³-hybridized carbons (Fsp3) is 0.727. The quantitative estimate of drug-likeness (QED) is 0.695. The van der Waals surface area contributed by atoms with E-state index in [1.807, 2.05) is 24.0 Å². The van der Waals surface area contributed by atoms with Gasteiger partial charge in [0.1, 0.15) is 0 Å². The molecule has 14 heavy (non-hydrogen) atoms. The zero-order valence-electron chi connectivity index (χ0n) is 8.69. The third-order valence-corrected chi connectivity index (χ3v) is 3.01. The summed E-state index contributed by atoms with van der Waals surface area (Å²) >= 11 is 0. The number of aryl methyl sites for hydroxylation is 1. The van der Waals surface area contributed by atoms with Gasteiger partial charge in [0.2, 0.25) is 0 Å². The summed E-state index contributed by atoms with van der Waals surface area (Å²) in [4.78, 5) is 0. The van der Waals surface area contributed by atoms with Crippen LogP contribution in [0.2, 0.25) is 0 Å². The molecule has 2 rings (SSSR count). The topological polar surface area (TPSA) is 38.0 Å². The van der Waals surface area contributed by atoms with Crippen molar-refractivity contribution in [1.82, 2.24) is 9.78 Å². The molecule has 1 heterocycles. The second-order valence-corrected chi connectivity index (χ2v) is 4.27. The van der Waals surface area contributed by atoms with E-state index in [-0.39, 0.29) is 12.1 Å². The Balaban J connectivity index is 2.14. The fourth-order valence-corrected chi connectivity index (χ4v) is 2.19. The molecule has 3 nitrogen and oxygen atoms in total. The van der Waals surface area contributed by atoms with Crippen LogP contribution in [0, 0.1) is 6.92 Å². The average Bonchev–Trinajstić information content (AvgIpc) is 2.46. The number of aliphatic hydroxyl groups excluding tert-OH is 1. The number of hydrogen-bond donors (Lipinski definition) is 1. The second-order valence-electron chi connectivity index (χ2n) is 4.27. The van der Waals surface area contributed by atoms with Gasteiger partial charge in [0.05, 0.1) is 18.3 Å². The third-order valence-electron chi connectivity index (χ3n) is 3.01. The van der Waals surface area contributed by atoms with Crippen molar-refractivity contribution in [1.29, 1.82) is 0 Å². The molecule has 2 atom stereocenters. The van der Waals surface area contributed by atoms with Crippen molar-refractivity contribution in [2.24, 2.45) is 0 Å². The predicted molar refractivity (Wildman–Crippen MR) is 55.1 cm³/mol. The first kappa shape index (κ1) is 9.71. The number of rotatable bonds is 1. The van der Waals surface area contributed by atoms with E-state index in [1.54, 1.807) is 0 Å². The molecule has 1 fully saturated rings. The zero-order valence-corrected chi connectivity index (χ0v) is 8.69. The summed E-state index contributed by atoms with van der Waals surface area (Å²) in [7, 11) is 0. The molecule has 2 unspecified atom stereocenters. The lowest BCUT2D eigenvalue weighted by Crippen LogP contribution is -2.23. The van der Waals surface area contributed by atoms with Gasteiger partial charge in [-0.05, 0) is 25.3 Å². The first-order valence-corrected chi connectivity index (χ1v) is 5.46. The fourth-order valence-electron chi connectivity index (χ4n) is 2.19. The Morgan fingerprint density at radius 1 is 1.36 bits per heavy atom. The first-order valence-electron chi connectivity index (χ1n) is 5.46. The lowest BCUT2D eigenvalue weighted by molar-refractivity contribution is 0.0990. The largest absolute Gasteiger partial charge is 0.391 e. The smallest absolute Gasteiger partial charge is 0.0778 e. The van der Waals surface area contributed by atoms with Crippen LogP contribution in [0.25, 0.3) is 0 Å². The van der Waals surface area contributed by atoms with Crippen molar-refractivity contribution in [3.8, 4) is 0 Å². The number of aromatic nitrogens is 2. The maximum atomic E-state index is 9.95. The highest BCUT2D eigenvalue weighted by Gasteiger charge is 2.23. The zero-order chi connectivity index (χ0) is 9.97. The minimum absolute atomic E-state index is 0.200. The van der Waals surface area contributed by atoms with Crippen LogP contribution in [0.3, 0.4) is 0 Å². The molecule has 1 saturated carbocycles. The Hall–Kier alpha value is -0.830. The minimum Gasteiger partial charge on any atom is -0.391 e. The van der Waals surface area contributed by atoms with E-state index < -0.39 is 0 Å². The van der Waals surface area contributed by atoms with Crippen LogP contribution in [0.15, 0.2) is 12.4 Å². The molecule has 1 aliphatic carbocycles. The molecule has 0 bridgehead atoms. The molecular weight excluding hydrogens is 176 g/mol. The van der Waals surface area contributed by atoms with Crippen molar-refractivity contribution in [3.05, 3.63) is 18.0 Å². The Bertz CT molecular complexity index is 295. The van der Waals surface area contributed by atoms with Crippen molar-refractivity contribution in [3.63, 3.8) is 0 Å². The van der Waals surface area contributed by atoms with Gasteiger partial charge in [0.15, 0.2) is 0 Å². The van der Waals surface area contributed by atoms with Crippen LogP contribution in [0.4, 0.5) is 0 Å². The predicted octanol–water partition coefficient (Wildman–Crippen LogP) is 2.06. The van der Waals surface area contributed by atoms with Gasteiger partial charge in [-0.25, -0.2) is 0 Å². The molecule has 1 aliphatic rings. The molecule has 1 aromatic heterocycles. The van der Waals surface area contributed by atoms with E-state index in [1.165, 1.54) is 18.4 Å². The molecule has 78 valence electrons. The van der Waals surface area contributed by atoms with Crippen LogP contribution in [-0.4, -0.2) is 21.0 Å². The highest BCUT2D eigenvalue weighted by atomic mass is 16.3. The Morgan fingerprint density at radius 3 is 2.86 bits per heavy atom. The van der Waals surface area contributed by atoms with Crippen molar-refractivity contribution in [2.75, 3.05) is 0 Å². The van der Waals surface area contributed by atoms with E-state index >= 15 is 0 Å². The van der Waals surface area contributed by atoms with Crippen LogP contribution in [0.1, 0.15) is 43.7 Å². The van der Waals surface area contributed by atoms with Crippen LogP contribution in [-0.2, 0) is 0 Å². The molecule has 0 radical (unpaired) electrons. The molecular formula is C11H18N2O. The minimum atomic E-state index is -0.211. The summed E-state index contributed by atoms with van der Waals surface area (Å²) in [5.74, 6) is 0. The number of hydrogen-bond acceptors (Lipinski definition) is 2. The number of aliphatic hydroxyl groups is 1.